The van der Waals surface area contributed by atoms with Crippen molar-refractivity contribution in [2.75, 3.05) is 23.3 Å². The number of halogens is 6. The normalized spacial score (nSPS) is 15.0. The lowest BCUT2D eigenvalue weighted by atomic mass is 10.1. The number of carboxylic acid groups (broad SMARTS) is 1. The number of benzene rings is 2. The highest BCUT2D eigenvalue weighted by Crippen LogP contribution is 2.31. The van der Waals surface area contributed by atoms with Gasteiger partial charge < -0.3 is 20.3 Å². The Kier molecular flexibility index (Phi) is 7.62. The molecule has 1 saturated heterocycles. The van der Waals surface area contributed by atoms with E-state index in [9.17, 15) is 26.3 Å². The first-order valence-corrected chi connectivity index (χ1v) is 12.5. The molecule has 0 radical (unpaired) electrons. The lowest BCUT2D eigenvalue weighted by molar-refractivity contribution is -0.192. The number of rotatable bonds is 5. The number of aromatic nitrogens is 6. The number of para-hydroxylation sites is 2. The number of alkyl halides is 5. The van der Waals surface area contributed by atoms with Crippen molar-refractivity contribution < 1.29 is 36.2 Å². The molecule has 5 aromatic rings. The van der Waals surface area contributed by atoms with E-state index in [2.05, 4.69) is 30.2 Å². The summed E-state index contributed by atoms with van der Waals surface area (Å²) < 4.78 is 74.8. The smallest absolute Gasteiger partial charge is 0.475 e. The van der Waals surface area contributed by atoms with Crippen LogP contribution in [0.4, 0.5) is 38.1 Å². The molecule has 6 rings (SSSR count). The Hall–Kier alpha value is -4.89. The lowest BCUT2D eigenvalue weighted by Gasteiger charge is -2.31. The molecule has 3 aromatic heterocycles. The van der Waals surface area contributed by atoms with E-state index in [0.29, 0.717) is 41.0 Å². The van der Waals surface area contributed by atoms with Gasteiger partial charge in [0.25, 0.3) is 5.92 Å². The van der Waals surface area contributed by atoms with Gasteiger partial charge in [0.15, 0.2) is 17.0 Å². The van der Waals surface area contributed by atoms with Gasteiger partial charge in [0.1, 0.15) is 18.0 Å². The number of nitrogens with zero attached hydrogens (tertiary/aromatic N) is 6. The summed E-state index contributed by atoms with van der Waals surface area (Å²) >= 11 is 0. The Morgan fingerprint density at radius 2 is 1.76 bits per heavy atom. The molecule has 16 heteroatoms. The number of carbonyl (C=O) groups is 1. The van der Waals surface area contributed by atoms with Crippen LogP contribution in [0.5, 0.6) is 0 Å². The zero-order valence-corrected chi connectivity index (χ0v) is 21.5. The number of piperidine rings is 1. The maximum atomic E-state index is 13.9. The van der Waals surface area contributed by atoms with E-state index < -0.39 is 18.1 Å². The predicted octanol–water partition coefficient (Wildman–Crippen LogP) is 5.31. The first-order chi connectivity index (χ1) is 19.9. The third-order valence-electron chi connectivity index (χ3n) is 6.35. The van der Waals surface area contributed by atoms with Crippen molar-refractivity contribution in [3.63, 3.8) is 0 Å². The summed E-state index contributed by atoms with van der Waals surface area (Å²) in [6, 6.07) is 13.8. The quantitative estimate of drug-likeness (QED) is 0.235. The molecule has 1 aliphatic heterocycles. The van der Waals surface area contributed by atoms with Crippen molar-refractivity contribution in [3.05, 3.63) is 66.5 Å². The van der Waals surface area contributed by atoms with Crippen LogP contribution in [0.3, 0.4) is 0 Å². The Labute approximate surface area is 233 Å². The summed E-state index contributed by atoms with van der Waals surface area (Å²) in [6.45, 7) is 0.608. The number of H-pyrrole nitrogens is 1. The Morgan fingerprint density at radius 3 is 2.43 bits per heavy atom. The molecule has 0 spiro atoms. The molecule has 0 saturated carbocycles. The third kappa shape index (κ3) is 6.37. The van der Waals surface area contributed by atoms with Crippen LogP contribution in [0.2, 0.25) is 0 Å². The molecule has 0 aliphatic carbocycles. The minimum Gasteiger partial charge on any atom is -0.475 e. The fraction of sp³-hybridized carbons (Fsp3) is 0.269. The van der Waals surface area contributed by atoms with Crippen LogP contribution in [0.15, 0.2) is 54.9 Å². The van der Waals surface area contributed by atoms with Crippen LogP contribution in [-0.2, 0) is 11.3 Å². The lowest BCUT2D eigenvalue weighted by Crippen LogP contribution is -2.40. The zero-order chi connectivity index (χ0) is 30.1. The third-order valence-corrected chi connectivity index (χ3v) is 6.35. The fourth-order valence-electron chi connectivity index (χ4n) is 4.26. The fourth-order valence-corrected chi connectivity index (χ4v) is 4.26. The van der Waals surface area contributed by atoms with E-state index in [4.69, 9.17) is 9.90 Å². The summed E-state index contributed by atoms with van der Waals surface area (Å²) in [6.07, 6.45) is -4.06. The zero-order valence-electron chi connectivity index (χ0n) is 21.5. The van der Waals surface area contributed by atoms with E-state index >= 15 is 0 Å². The van der Waals surface area contributed by atoms with E-state index in [1.165, 1.54) is 12.1 Å². The molecule has 2 aromatic carbocycles. The van der Waals surface area contributed by atoms with Gasteiger partial charge in [0.2, 0.25) is 5.95 Å². The average molecular weight is 593 g/mol. The number of aromatic amines is 1. The molecule has 4 heterocycles. The minimum atomic E-state index is -5.08. The summed E-state index contributed by atoms with van der Waals surface area (Å²) in [5, 5.41) is 10.4. The molecule has 1 fully saturated rings. The largest absolute Gasteiger partial charge is 0.490 e. The van der Waals surface area contributed by atoms with Crippen LogP contribution < -0.4 is 10.2 Å². The summed E-state index contributed by atoms with van der Waals surface area (Å²) in [5.41, 5.74) is 3.25. The van der Waals surface area contributed by atoms with Crippen LogP contribution in [0.25, 0.3) is 27.9 Å². The monoisotopic (exact) mass is 592 g/mol. The number of nitrogens with one attached hydrogen (secondary N) is 2. The van der Waals surface area contributed by atoms with Gasteiger partial charge in [0.05, 0.1) is 23.3 Å². The molecule has 42 heavy (non-hydrogen) atoms. The SMILES string of the molecule is Fc1cccc(-n2cnc3c(NCc4nc5ccccc5[nH]4)nc(N4CCC(F)(F)CC4)nc32)c1.O=C(O)C(F)(F)F. The first-order valence-electron chi connectivity index (χ1n) is 12.5. The topological polar surface area (TPSA) is 125 Å². The summed E-state index contributed by atoms with van der Waals surface area (Å²) in [7, 11) is 0. The number of imidazole rings is 2. The van der Waals surface area contributed by atoms with Crippen LogP contribution in [-0.4, -0.2) is 65.8 Å². The van der Waals surface area contributed by atoms with Crippen LogP contribution in [0, 0.1) is 5.82 Å². The van der Waals surface area contributed by atoms with Crippen molar-refractivity contribution >= 4 is 39.9 Å². The number of hydrogen-bond donors (Lipinski definition) is 3. The molecule has 0 unspecified atom stereocenters. The van der Waals surface area contributed by atoms with Gasteiger partial charge >= 0.3 is 12.1 Å². The second-order valence-electron chi connectivity index (χ2n) is 9.34. The maximum absolute atomic E-state index is 13.9. The van der Waals surface area contributed by atoms with Gasteiger partial charge in [0, 0.05) is 25.9 Å². The van der Waals surface area contributed by atoms with Crippen molar-refractivity contribution in [1.29, 1.82) is 0 Å². The standard InChI is InChI=1S/C24H21F3N8.C2HF3O2/c25-15-4-3-5-16(12-15)35-14-29-20-21(28-13-19-30-17-6-1-2-7-18(17)31-19)32-23(33-22(20)35)34-10-8-24(26,27)9-11-34;3-2(4,5)1(6)7/h1-7,12,14H,8-11,13H2,(H,30,31)(H,28,32,33);(H,6,7). The van der Waals surface area contributed by atoms with E-state index in [1.807, 2.05) is 24.3 Å². The van der Waals surface area contributed by atoms with Gasteiger partial charge in [-0.2, -0.15) is 23.1 Å². The van der Waals surface area contributed by atoms with Crippen molar-refractivity contribution in [1.82, 2.24) is 29.5 Å². The van der Waals surface area contributed by atoms with Gasteiger partial charge in [-0.25, -0.2) is 27.9 Å². The number of fused-ring (bicyclic) bond motifs is 2. The number of carboxylic acids is 1. The molecule has 220 valence electrons. The van der Waals surface area contributed by atoms with Gasteiger partial charge in [-0.05, 0) is 30.3 Å². The van der Waals surface area contributed by atoms with Gasteiger partial charge in [-0.1, -0.05) is 18.2 Å². The molecular weight excluding hydrogens is 570 g/mol. The van der Waals surface area contributed by atoms with Gasteiger partial charge in [-0.3, -0.25) is 4.57 Å². The van der Waals surface area contributed by atoms with Crippen molar-refractivity contribution in [2.45, 2.75) is 31.5 Å². The predicted molar refractivity (Wildman–Crippen MR) is 140 cm³/mol. The summed E-state index contributed by atoms with van der Waals surface area (Å²) in [5.74, 6) is -4.36. The van der Waals surface area contributed by atoms with E-state index in [0.717, 1.165) is 11.0 Å². The van der Waals surface area contributed by atoms with E-state index in [-0.39, 0.29) is 31.7 Å². The summed E-state index contributed by atoms with van der Waals surface area (Å²) in [4.78, 5) is 32.2. The second-order valence-corrected chi connectivity index (χ2v) is 9.34. The number of hydrogen-bond acceptors (Lipinski definition) is 7. The number of anilines is 2. The molecule has 3 N–H and O–H groups in total. The van der Waals surface area contributed by atoms with E-state index in [1.54, 1.807) is 27.9 Å². The molecular formula is C26H22F6N8O2. The Morgan fingerprint density at radius 1 is 1.05 bits per heavy atom. The average Bonchev–Trinajstić information content (AvgIpc) is 3.55. The Balaban J connectivity index is 0.000000451. The molecule has 10 nitrogen and oxygen atoms in total. The molecule has 0 bridgehead atoms. The Bertz CT molecular complexity index is 1690. The molecule has 1 aliphatic rings. The highest BCUT2D eigenvalue weighted by Gasteiger charge is 2.38. The first kappa shape index (κ1) is 28.6. The maximum Gasteiger partial charge on any atom is 0.490 e. The van der Waals surface area contributed by atoms with Crippen LogP contribution in [0.1, 0.15) is 18.7 Å². The second kappa shape index (κ2) is 11.2. The molecule has 0 atom stereocenters. The van der Waals surface area contributed by atoms with Crippen molar-refractivity contribution in [2.24, 2.45) is 0 Å². The minimum absolute atomic E-state index is 0.135. The van der Waals surface area contributed by atoms with Gasteiger partial charge in [-0.15, -0.1) is 0 Å². The number of aliphatic carboxylic acids is 1. The molecule has 0 amide bonds. The van der Waals surface area contributed by atoms with Crippen molar-refractivity contribution in [3.8, 4) is 5.69 Å². The highest BCUT2D eigenvalue weighted by atomic mass is 19.4. The highest BCUT2D eigenvalue weighted by molar-refractivity contribution is 5.85. The van der Waals surface area contributed by atoms with Crippen LogP contribution >= 0.6 is 0 Å².